The van der Waals surface area contributed by atoms with Crippen molar-refractivity contribution in [2.24, 2.45) is 5.73 Å². The lowest BCUT2D eigenvalue weighted by molar-refractivity contribution is -0.121. The number of rotatable bonds is 4. The Balaban J connectivity index is 3.28. The second-order valence-corrected chi connectivity index (χ2v) is 1.65. The van der Waals surface area contributed by atoms with Crippen LogP contribution in [-0.4, -0.2) is 12.5 Å². The number of ether oxygens (including phenoxy) is 1. The summed E-state index contributed by atoms with van der Waals surface area (Å²) >= 11 is 0. The molecule has 0 aromatic carbocycles. The van der Waals surface area contributed by atoms with Gasteiger partial charge in [-0.15, -0.1) is 0 Å². The molecule has 0 rings (SSSR count). The Morgan fingerprint density at radius 2 is 2.33 bits per heavy atom. The zero-order valence-electron chi connectivity index (χ0n) is 5.52. The van der Waals surface area contributed by atoms with Gasteiger partial charge in [0.15, 0.2) is 6.61 Å². The van der Waals surface area contributed by atoms with E-state index in [9.17, 15) is 4.79 Å². The number of nitrogens with two attached hydrogens (primary N) is 1. The van der Waals surface area contributed by atoms with E-state index in [2.05, 4.69) is 6.58 Å². The van der Waals surface area contributed by atoms with E-state index in [0.717, 1.165) is 0 Å². The number of carbonyl (C=O) groups is 1. The van der Waals surface area contributed by atoms with Gasteiger partial charge in [0.25, 0.3) is 5.91 Å². The van der Waals surface area contributed by atoms with Crippen LogP contribution in [0.15, 0.2) is 12.3 Å². The maximum atomic E-state index is 10.1. The Kier molecular flexibility index (Phi) is 3.51. The molecule has 3 nitrogen and oxygen atoms in total. The summed E-state index contributed by atoms with van der Waals surface area (Å²) in [6, 6.07) is 0. The van der Waals surface area contributed by atoms with E-state index in [0.29, 0.717) is 12.2 Å². The molecule has 0 aliphatic carbocycles. The van der Waals surface area contributed by atoms with Crippen molar-refractivity contribution in [2.45, 2.75) is 13.3 Å². The lowest BCUT2D eigenvalue weighted by Crippen LogP contribution is -2.17. The van der Waals surface area contributed by atoms with Gasteiger partial charge in [-0.1, -0.05) is 13.5 Å². The number of primary amides is 1. The second-order valence-electron chi connectivity index (χ2n) is 1.65. The van der Waals surface area contributed by atoms with Gasteiger partial charge in [-0.05, 0) is 0 Å². The highest BCUT2D eigenvalue weighted by Crippen LogP contribution is 1.96. The molecule has 0 radical (unpaired) electrons. The second kappa shape index (κ2) is 3.95. The normalized spacial score (nSPS) is 8.56. The van der Waals surface area contributed by atoms with Crippen molar-refractivity contribution in [3.8, 4) is 0 Å². The molecule has 9 heavy (non-hydrogen) atoms. The van der Waals surface area contributed by atoms with Gasteiger partial charge >= 0.3 is 0 Å². The van der Waals surface area contributed by atoms with Crippen LogP contribution in [0.25, 0.3) is 0 Å². The van der Waals surface area contributed by atoms with Crippen LogP contribution in [0.1, 0.15) is 13.3 Å². The van der Waals surface area contributed by atoms with Gasteiger partial charge < -0.3 is 10.5 Å². The zero-order chi connectivity index (χ0) is 7.28. The van der Waals surface area contributed by atoms with Crippen LogP contribution in [-0.2, 0) is 9.53 Å². The average Bonchev–Trinajstić information content (AvgIpc) is 1.83. The minimum Gasteiger partial charge on any atom is -0.489 e. The van der Waals surface area contributed by atoms with Crippen LogP contribution >= 0.6 is 0 Å². The topological polar surface area (TPSA) is 52.3 Å². The Hall–Kier alpha value is -0.990. The van der Waals surface area contributed by atoms with Crippen molar-refractivity contribution in [1.29, 1.82) is 0 Å². The van der Waals surface area contributed by atoms with Crippen LogP contribution in [0.3, 0.4) is 0 Å². The van der Waals surface area contributed by atoms with Gasteiger partial charge in [0.1, 0.15) is 0 Å². The number of hydrogen-bond acceptors (Lipinski definition) is 2. The van der Waals surface area contributed by atoms with E-state index < -0.39 is 5.91 Å². The highest BCUT2D eigenvalue weighted by atomic mass is 16.5. The van der Waals surface area contributed by atoms with Crippen molar-refractivity contribution in [3.05, 3.63) is 12.3 Å². The van der Waals surface area contributed by atoms with E-state index >= 15 is 0 Å². The molecule has 0 saturated carbocycles. The number of amides is 1. The average molecular weight is 129 g/mol. The van der Waals surface area contributed by atoms with Crippen LogP contribution in [0, 0.1) is 0 Å². The van der Waals surface area contributed by atoms with Crippen LogP contribution < -0.4 is 5.73 Å². The van der Waals surface area contributed by atoms with Crippen molar-refractivity contribution in [1.82, 2.24) is 0 Å². The first-order chi connectivity index (χ1) is 4.16. The highest BCUT2D eigenvalue weighted by Gasteiger charge is 1.93. The molecule has 1 amide bonds. The first-order valence-electron chi connectivity index (χ1n) is 2.75. The number of allylic oxidation sites excluding steroid dienone is 1. The van der Waals surface area contributed by atoms with Gasteiger partial charge in [0.05, 0.1) is 5.76 Å². The SMILES string of the molecule is C=C(CC)OCC(N)=O. The van der Waals surface area contributed by atoms with E-state index in [-0.39, 0.29) is 6.61 Å². The molecule has 0 aliphatic heterocycles. The summed E-state index contributed by atoms with van der Waals surface area (Å²) in [4.78, 5) is 10.1. The summed E-state index contributed by atoms with van der Waals surface area (Å²) < 4.78 is 4.78. The fraction of sp³-hybridized carbons (Fsp3) is 0.500. The molecule has 0 unspecified atom stereocenters. The first kappa shape index (κ1) is 8.01. The fourth-order valence-corrected chi connectivity index (χ4v) is 0.275. The van der Waals surface area contributed by atoms with Gasteiger partial charge in [-0.25, -0.2) is 0 Å². The summed E-state index contributed by atoms with van der Waals surface area (Å²) in [5.41, 5.74) is 4.79. The standard InChI is InChI=1S/C6H11NO2/c1-3-5(2)9-4-6(7)8/h2-4H2,1H3,(H2,7,8). The summed E-state index contributed by atoms with van der Waals surface area (Å²) in [6.07, 6.45) is 0.716. The first-order valence-corrected chi connectivity index (χ1v) is 2.75. The molecule has 0 spiro atoms. The predicted octanol–water partition coefficient (Wildman–Crippen LogP) is 0.412. The lowest BCUT2D eigenvalue weighted by Gasteiger charge is -2.02. The van der Waals surface area contributed by atoms with Gasteiger partial charge in [-0.3, -0.25) is 4.79 Å². The molecule has 0 atom stereocenters. The Bertz CT molecular complexity index is 120. The lowest BCUT2D eigenvalue weighted by atomic mass is 10.4. The van der Waals surface area contributed by atoms with E-state index in [1.165, 1.54) is 0 Å². The van der Waals surface area contributed by atoms with E-state index in [4.69, 9.17) is 10.5 Å². The molecule has 0 bridgehead atoms. The molecule has 0 aliphatic rings. The van der Waals surface area contributed by atoms with Crippen LogP contribution in [0.5, 0.6) is 0 Å². The van der Waals surface area contributed by atoms with Crippen molar-refractivity contribution in [3.63, 3.8) is 0 Å². The van der Waals surface area contributed by atoms with Gasteiger partial charge in [0.2, 0.25) is 0 Å². The molecule has 2 N–H and O–H groups in total. The molecular weight excluding hydrogens is 118 g/mol. The van der Waals surface area contributed by atoms with Gasteiger partial charge in [-0.2, -0.15) is 0 Å². The molecule has 0 heterocycles. The molecule has 0 saturated heterocycles. The largest absolute Gasteiger partial charge is 0.489 e. The van der Waals surface area contributed by atoms with Crippen LogP contribution in [0.4, 0.5) is 0 Å². The molecule has 0 aromatic rings. The minimum absolute atomic E-state index is 0.0628. The maximum Gasteiger partial charge on any atom is 0.255 e. The summed E-state index contributed by atoms with van der Waals surface area (Å²) in [5.74, 6) is 0.124. The third-order valence-corrected chi connectivity index (χ3v) is 0.813. The van der Waals surface area contributed by atoms with Crippen molar-refractivity contribution < 1.29 is 9.53 Å². The number of hydrogen-bond donors (Lipinski definition) is 1. The minimum atomic E-state index is -0.468. The number of carbonyl (C=O) groups excluding carboxylic acids is 1. The molecule has 0 fully saturated rings. The highest BCUT2D eigenvalue weighted by molar-refractivity contribution is 5.75. The van der Waals surface area contributed by atoms with Crippen molar-refractivity contribution in [2.75, 3.05) is 6.61 Å². The smallest absolute Gasteiger partial charge is 0.255 e. The predicted molar refractivity (Wildman–Crippen MR) is 34.6 cm³/mol. The van der Waals surface area contributed by atoms with Crippen LogP contribution in [0.2, 0.25) is 0 Å². The summed E-state index contributed by atoms with van der Waals surface area (Å²) in [5, 5.41) is 0. The third kappa shape index (κ3) is 4.87. The maximum absolute atomic E-state index is 10.1. The monoisotopic (exact) mass is 129 g/mol. The zero-order valence-corrected chi connectivity index (χ0v) is 5.52. The Labute approximate surface area is 54.5 Å². The van der Waals surface area contributed by atoms with Crippen molar-refractivity contribution >= 4 is 5.91 Å². The van der Waals surface area contributed by atoms with E-state index in [1.54, 1.807) is 0 Å². The Morgan fingerprint density at radius 1 is 1.78 bits per heavy atom. The summed E-state index contributed by atoms with van der Waals surface area (Å²) in [7, 11) is 0. The summed E-state index contributed by atoms with van der Waals surface area (Å²) in [6.45, 7) is 5.34. The fourth-order valence-electron chi connectivity index (χ4n) is 0.275. The van der Waals surface area contributed by atoms with E-state index in [1.807, 2.05) is 6.92 Å². The Morgan fingerprint density at radius 3 is 2.67 bits per heavy atom. The molecule has 52 valence electrons. The quantitative estimate of drug-likeness (QED) is 0.559. The third-order valence-electron chi connectivity index (χ3n) is 0.813. The molecule has 3 heteroatoms. The molecule has 0 aromatic heterocycles. The molecular formula is C6H11NO2. The van der Waals surface area contributed by atoms with Gasteiger partial charge in [0, 0.05) is 6.42 Å².